The van der Waals surface area contributed by atoms with E-state index < -0.39 is 0 Å². The number of rotatable bonds is 2. The number of hydrogen-bond donors (Lipinski definition) is 2. The van der Waals surface area contributed by atoms with E-state index >= 15 is 0 Å². The van der Waals surface area contributed by atoms with Gasteiger partial charge < -0.3 is 10.6 Å². The summed E-state index contributed by atoms with van der Waals surface area (Å²) in [6.45, 7) is 5.03. The first-order valence-electron chi connectivity index (χ1n) is 7.39. The van der Waals surface area contributed by atoms with Gasteiger partial charge in [-0.15, -0.1) is 0 Å². The predicted octanol–water partition coefficient (Wildman–Crippen LogP) is 3.91. The second-order valence-corrected chi connectivity index (χ2v) is 5.69. The number of benzene rings is 2. The molecule has 1 heterocycles. The van der Waals surface area contributed by atoms with Gasteiger partial charge in [0.25, 0.3) is 5.91 Å². The van der Waals surface area contributed by atoms with Crippen LogP contribution >= 0.6 is 0 Å². The van der Waals surface area contributed by atoms with E-state index in [1.807, 2.05) is 38.1 Å². The molecule has 0 aromatic heterocycles. The fourth-order valence-corrected chi connectivity index (χ4v) is 2.93. The van der Waals surface area contributed by atoms with Crippen LogP contribution in [0.25, 0.3) is 0 Å². The molecular formula is C18H20N2O. The van der Waals surface area contributed by atoms with Gasteiger partial charge in [0.05, 0.1) is 0 Å². The average molecular weight is 280 g/mol. The highest BCUT2D eigenvalue weighted by Crippen LogP contribution is 2.29. The highest BCUT2D eigenvalue weighted by molar-refractivity contribution is 6.05. The lowest BCUT2D eigenvalue weighted by atomic mass is 10.0. The van der Waals surface area contributed by atoms with E-state index in [2.05, 4.69) is 22.8 Å². The maximum absolute atomic E-state index is 12.5. The lowest BCUT2D eigenvalue weighted by Gasteiger charge is -2.21. The van der Waals surface area contributed by atoms with Crippen molar-refractivity contribution in [3.63, 3.8) is 0 Å². The van der Waals surface area contributed by atoms with Crippen LogP contribution in [0.3, 0.4) is 0 Å². The van der Waals surface area contributed by atoms with Crippen LogP contribution in [0.4, 0.5) is 11.4 Å². The fraction of sp³-hybridized carbons (Fsp3) is 0.278. The van der Waals surface area contributed by atoms with Crippen LogP contribution in [0, 0.1) is 13.8 Å². The molecule has 0 aliphatic carbocycles. The Bertz CT molecular complexity index is 671. The van der Waals surface area contributed by atoms with Crippen molar-refractivity contribution in [2.45, 2.75) is 26.7 Å². The molecule has 108 valence electrons. The third-order valence-corrected chi connectivity index (χ3v) is 3.83. The SMILES string of the molecule is Cc1cc(C)cc(C(=O)Nc2cccc3c2CCCN3)c1. The molecular weight excluding hydrogens is 260 g/mol. The number of fused-ring (bicyclic) bond motifs is 1. The van der Waals surface area contributed by atoms with E-state index in [4.69, 9.17) is 0 Å². The Balaban J connectivity index is 1.88. The average Bonchev–Trinajstić information content (AvgIpc) is 2.46. The molecule has 0 radical (unpaired) electrons. The van der Waals surface area contributed by atoms with Crippen molar-refractivity contribution in [2.24, 2.45) is 0 Å². The topological polar surface area (TPSA) is 41.1 Å². The molecule has 3 heteroatoms. The standard InChI is InChI=1S/C18H20N2O/c1-12-9-13(2)11-14(10-12)18(21)20-17-7-3-6-16-15(17)5-4-8-19-16/h3,6-7,9-11,19H,4-5,8H2,1-2H3,(H,20,21). The lowest BCUT2D eigenvalue weighted by molar-refractivity contribution is 0.102. The third kappa shape index (κ3) is 2.92. The minimum absolute atomic E-state index is 0.0410. The Morgan fingerprint density at radius 3 is 2.67 bits per heavy atom. The van der Waals surface area contributed by atoms with Gasteiger partial charge in [-0.05, 0) is 56.5 Å². The van der Waals surface area contributed by atoms with Gasteiger partial charge in [-0.1, -0.05) is 23.3 Å². The maximum atomic E-state index is 12.5. The van der Waals surface area contributed by atoms with Gasteiger partial charge in [0.2, 0.25) is 0 Å². The number of carbonyl (C=O) groups excluding carboxylic acids is 1. The number of nitrogens with one attached hydrogen (secondary N) is 2. The lowest BCUT2D eigenvalue weighted by Crippen LogP contribution is -2.17. The van der Waals surface area contributed by atoms with Crippen LogP contribution in [-0.4, -0.2) is 12.5 Å². The summed E-state index contributed by atoms with van der Waals surface area (Å²) in [6.07, 6.45) is 2.11. The van der Waals surface area contributed by atoms with Crippen molar-refractivity contribution in [1.29, 1.82) is 0 Å². The summed E-state index contributed by atoms with van der Waals surface area (Å²) in [4.78, 5) is 12.5. The molecule has 0 spiro atoms. The first kappa shape index (κ1) is 13.7. The number of anilines is 2. The molecule has 1 amide bonds. The van der Waals surface area contributed by atoms with Gasteiger partial charge in [0.15, 0.2) is 0 Å². The zero-order valence-corrected chi connectivity index (χ0v) is 12.5. The molecule has 1 aliphatic heterocycles. The number of aryl methyl sites for hydroxylation is 2. The van der Waals surface area contributed by atoms with E-state index in [9.17, 15) is 4.79 Å². The molecule has 2 N–H and O–H groups in total. The number of hydrogen-bond acceptors (Lipinski definition) is 2. The van der Waals surface area contributed by atoms with Crippen LogP contribution in [0.2, 0.25) is 0 Å². The quantitative estimate of drug-likeness (QED) is 0.875. The molecule has 0 bridgehead atoms. The van der Waals surface area contributed by atoms with E-state index in [0.29, 0.717) is 5.56 Å². The van der Waals surface area contributed by atoms with Crippen LogP contribution in [0.15, 0.2) is 36.4 Å². The van der Waals surface area contributed by atoms with Crippen molar-refractivity contribution in [2.75, 3.05) is 17.2 Å². The Kier molecular flexibility index (Phi) is 3.65. The summed E-state index contributed by atoms with van der Waals surface area (Å²) >= 11 is 0. The van der Waals surface area contributed by atoms with E-state index in [-0.39, 0.29) is 5.91 Å². The number of amides is 1. The molecule has 0 unspecified atom stereocenters. The molecule has 0 saturated heterocycles. The molecule has 1 aliphatic rings. The normalized spacial score (nSPS) is 13.2. The Labute approximate surface area is 125 Å². The molecule has 0 saturated carbocycles. The zero-order valence-electron chi connectivity index (χ0n) is 12.5. The Morgan fingerprint density at radius 2 is 1.90 bits per heavy atom. The van der Waals surface area contributed by atoms with E-state index in [0.717, 1.165) is 41.9 Å². The van der Waals surface area contributed by atoms with Gasteiger partial charge in [-0.3, -0.25) is 4.79 Å². The molecule has 3 nitrogen and oxygen atoms in total. The highest BCUT2D eigenvalue weighted by atomic mass is 16.1. The van der Waals surface area contributed by atoms with Crippen molar-refractivity contribution < 1.29 is 4.79 Å². The smallest absolute Gasteiger partial charge is 0.255 e. The largest absolute Gasteiger partial charge is 0.385 e. The van der Waals surface area contributed by atoms with Crippen LogP contribution in [0.5, 0.6) is 0 Å². The van der Waals surface area contributed by atoms with Gasteiger partial charge in [-0.25, -0.2) is 0 Å². The summed E-state index contributed by atoms with van der Waals surface area (Å²) in [5, 5.41) is 6.44. The number of carbonyl (C=O) groups is 1. The van der Waals surface area contributed by atoms with Crippen molar-refractivity contribution in [3.8, 4) is 0 Å². The molecule has 2 aromatic carbocycles. The summed E-state index contributed by atoms with van der Waals surface area (Å²) in [5.74, 6) is -0.0410. The molecule has 0 atom stereocenters. The first-order valence-corrected chi connectivity index (χ1v) is 7.39. The van der Waals surface area contributed by atoms with Crippen LogP contribution in [-0.2, 0) is 6.42 Å². The maximum Gasteiger partial charge on any atom is 0.255 e. The van der Waals surface area contributed by atoms with Gasteiger partial charge in [0, 0.05) is 23.5 Å². The second-order valence-electron chi connectivity index (χ2n) is 5.69. The van der Waals surface area contributed by atoms with Crippen molar-refractivity contribution in [3.05, 3.63) is 58.7 Å². The monoisotopic (exact) mass is 280 g/mol. The minimum Gasteiger partial charge on any atom is -0.385 e. The van der Waals surface area contributed by atoms with Gasteiger partial charge >= 0.3 is 0 Å². The second kappa shape index (κ2) is 5.60. The summed E-state index contributed by atoms with van der Waals surface area (Å²) < 4.78 is 0. The van der Waals surface area contributed by atoms with Crippen molar-refractivity contribution in [1.82, 2.24) is 0 Å². The minimum atomic E-state index is -0.0410. The summed E-state index contributed by atoms with van der Waals surface area (Å²) in [7, 11) is 0. The fourth-order valence-electron chi connectivity index (χ4n) is 2.93. The molecule has 21 heavy (non-hydrogen) atoms. The van der Waals surface area contributed by atoms with Crippen LogP contribution < -0.4 is 10.6 Å². The Morgan fingerprint density at radius 1 is 1.14 bits per heavy atom. The summed E-state index contributed by atoms with van der Waals surface area (Å²) in [6, 6.07) is 12.0. The van der Waals surface area contributed by atoms with Crippen molar-refractivity contribution >= 4 is 17.3 Å². The van der Waals surface area contributed by atoms with Crippen LogP contribution in [0.1, 0.15) is 33.5 Å². The molecule has 0 fully saturated rings. The van der Waals surface area contributed by atoms with Gasteiger partial charge in [0.1, 0.15) is 0 Å². The zero-order chi connectivity index (χ0) is 14.8. The Hall–Kier alpha value is -2.29. The highest BCUT2D eigenvalue weighted by Gasteiger charge is 2.15. The predicted molar refractivity (Wildman–Crippen MR) is 87.1 cm³/mol. The van der Waals surface area contributed by atoms with E-state index in [1.54, 1.807) is 0 Å². The van der Waals surface area contributed by atoms with Gasteiger partial charge in [-0.2, -0.15) is 0 Å². The first-order chi connectivity index (χ1) is 10.1. The van der Waals surface area contributed by atoms with E-state index in [1.165, 1.54) is 5.56 Å². The summed E-state index contributed by atoms with van der Waals surface area (Å²) in [5.41, 5.74) is 6.20. The molecule has 3 rings (SSSR count). The molecule has 2 aromatic rings. The third-order valence-electron chi connectivity index (χ3n) is 3.83.